The molecule has 1 amide bonds. The highest BCUT2D eigenvalue weighted by molar-refractivity contribution is 7.89. The molecule has 20 heavy (non-hydrogen) atoms. The third-order valence-corrected chi connectivity index (χ3v) is 4.79. The van der Waals surface area contributed by atoms with Gasteiger partial charge in [0, 0.05) is 11.5 Å². The lowest BCUT2D eigenvalue weighted by Crippen LogP contribution is -2.37. The van der Waals surface area contributed by atoms with Gasteiger partial charge in [-0.3, -0.25) is 4.79 Å². The third kappa shape index (κ3) is 2.38. The first-order valence-electron chi connectivity index (χ1n) is 6.55. The van der Waals surface area contributed by atoms with Crippen LogP contribution in [-0.2, 0) is 14.8 Å². The summed E-state index contributed by atoms with van der Waals surface area (Å²) in [6.07, 6.45) is 2.93. The molecule has 1 aliphatic carbocycles. The number of sulfonamides is 1. The summed E-state index contributed by atoms with van der Waals surface area (Å²) in [4.78, 5) is 12.0. The van der Waals surface area contributed by atoms with Crippen LogP contribution in [0.2, 0.25) is 0 Å². The van der Waals surface area contributed by atoms with E-state index in [2.05, 4.69) is 5.32 Å². The van der Waals surface area contributed by atoms with Crippen molar-refractivity contribution in [2.45, 2.75) is 30.2 Å². The van der Waals surface area contributed by atoms with Gasteiger partial charge in [-0.15, -0.1) is 0 Å². The van der Waals surface area contributed by atoms with Crippen LogP contribution in [0.15, 0.2) is 23.1 Å². The molecule has 1 aromatic rings. The number of hydrogen-bond donors (Lipinski definition) is 2. The summed E-state index contributed by atoms with van der Waals surface area (Å²) in [7, 11) is -3.75. The van der Waals surface area contributed by atoms with Crippen LogP contribution in [-0.4, -0.2) is 20.9 Å². The summed E-state index contributed by atoms with van der Waals surface area (Å²) in [5, 5.41) is 8.04. The molecule has 3 rings (SSSR count). The average Bonchev–Trinajstić information content (AvgIpc) is 2.68. The number of nitrogens with two attached hydrogens (primary N) is 1. The minimum atomic E-state index is -3.75. The largest absolute Gasteiger partial charge is 0.491 e. The zero-order valence-corrected chi connectivity index (χ0v) is 11.7. The number of hydrogen-bond acceptors (Lipinski definition) is 4. The second-order valence-corrected chi connectivity index (χ2v) is 6.81. The Morgan fingerprint density at radius 3 is 2.70 bits per heavy atom. The Labute approximate surface area is 117 Å². The normalized spacial score (nSPS) is 21.8. The van der Waals surface area contributed by atoms with E-state index in [4.69, 9.17) is 9.88 Å². The molecule has 1 aromatic carbocycles. The van der Waals surface area contributed by atoms with Gasteiger partial charge in [-0.1, -0.05) is 6.42 Å². The number of carbonyl (C=O) groups is 1. The highest BCUT2D eigenvalue weighted by Gasteiger charge is 2.31. The molecular formula is C13H16N2O4S. The van der Waals surface area contributed by atoms with Gasteiger partial charge in [-0.05, 0) is 31.0 Å². The number of ether oxygens (including phenoxy) is 1. The Hall–Kier alpha value is -1.60. The standard InChI is InChI=1S/C13H16N2O4S/c14-20(17,18)9-4-5-12-10(6-9)11(7-19-12)15-13(16)8-2-1-3-8/h4-6,8,11H,1-3,7H2,(H,15,16)(H2,14,17,18). The van der Waals surface area contributed by atoms with E-state index in [1.807, 2.05) is 0 Å². The molecule has 0 radical (unpaired) electrons. The fourth-order valence-electron chi connectivity index (χ4n) is 2.45. The van der Waals surface area contributed by atoms with Crippen molar-refractivity contribution < 1.29 is 17.9 Å². The summed E-state index contributed by atoms with van der Waals surface area (Å²) in [5.74, 6) is 0.690. The third-order valence-electron chi connectivity index (χ3n) is 3.88. The maximum absolute atomic E-state index is 12.0. The van der Waals surface area contributed by atoms with Gasteiger partial charge in [0.05, 0.1) is 10.9 Å². The van der Waals surface area contributed by atoms with Crippen molar-refractivity contribution in [2.24, 2.45) is 11.1 Å². The van der Waals surface area contributed by atoms with E-state index < -0.39 is 10.0 Å². The molecule has 3 N–H and O–H groups in total. The molecule has 7 heteroatoms. The van der Waals surface area contributed by atoms with Gasteiger partial charge in [-0.25, -0.2) is 13.6 Å². The summed E-state index contributed by atoms with van der Waals surface area (Å²) in [6.45, 7) is 0.321. The number of primary sulfonamides is 1. The summed E-state index contributed by atoms with van der Waals surface area (Å²) < 4.78 is 28.2. The quantitative estimate of drug-likeness (QED) is 0.857. The van der Waals surface area contributed by atoms with Gasteiger partial charge in [0.25, 0.3) is 0 Å². The first-order chi connectivity index (χ1) is 9.45. The maximum Gasteiger partial charge on any atom is 0.238 e. The molecule has 1 heterocycles. The van der Waals surface area contributed by atoms with Crippen LogP contribution in [0.3, 0.4) is 0 Å². The van der Waals surface area contributed by atoms with Crippen molar-refractivity contribution in [2.75, 3.05) is 6.61 Å². The molecular weight excluding hydrogens is 280 g/mol. The number of nitrogens with one attached hydrogen (secondary N) is 1. The second kappa shape index (κ2) is 4.75. The van der Waals surface area contributed by atoms with Crippen molar-refractivity contribution in [3.05, 3.63) is 23.8 Å². The Kier molecular flexibility index (Phi) is 3.18. The Morgan fingerprint density at radius 2 is 2.10 bits per heavy atom. The molecule has 1 unspecified atom stereocenters. The highest BCUT2D eigenvalue weighted by Crippen LogP contribution is 2.35. The van der Waals surface area contributed by atoms with Gasteiger partial charge < -0.3 is 10.1 Å². The monoisotopic (exact) mass is 296 g/mol. The zero-order chi connectivity index (χ0) is 14.3. The molecule has 1 saturated carbocycles. The van der Waals surface area contributed by atoms with Gasteiger partial charge in [0.1, 0.15) is 12.4 Å². The van der Waals surface area contributed by atoms with Crippen molar-refractivity contribution in [1.82, 2.24) is 5.32 Å². The predicted molar refractivity (Wildman–Crippen MR) is 71.5 cm³/mol. The molecule has 1 fully saturated rings. The summed E-state index contributed by atoms with van der Waals surface area (Å²) in [5.41, 5.74) is 0.671. The second-order valence-electron chi connectivity index (χ2n) is 5.24. The van der Waals surface area contributed by atoms with E-state index >= 15 is 0 Å². The van der Waals surface area contributed by atoms with Crippen LogP contribution in [0, 0.1) is 5.92 Å². The van der Waals surface area contributed by atoms with Crippen molar-refractivity contribution >= 4 is 15.9 Å². The first kappa shape index (κ1) is 13.4. The van der Waals surface area contributed by atoms with Crippen molar-refractivity contribution in [1.29, 1.82) is 0 Å². The molecule has 0 spiro atoms. The topological polar surface area (TPSA) is 98.5 Å². The minimum Gasteiger partial charge on any atom is -0.491 e. The van der Waals surface area contributed by atoms with Gasteiger partial charge in [0.2, 0.25) is 15.9 Å². The average molecular weight is 296 g/mol. The number of rotatable bonds is 3. The lowest BCUT2D eigenvalue weighted by Gasteiger charge is -2.25. The van der Waals surface area contributed by atoms with Crippen LogP contribution in [0.1, 0.15) is 30.9 Å². The van der Waals surface area contributed by atoms with Crippen molar-refractivity contribution in [3.8, 4) is 5.75 Å². The van der Waals surface area contributed by atoms with Crippen molar-refractivity contribution in [3.63, 3.8) is 0 Å². The lowest BCUT2D eigenvalue weighted by atomic mass is 9.84. The highest BCUT2D eigenvalue weighted by atomic mass is 32.2. The van der Waals surface area contributed by atoms with Gasteiger partial charge >= 0.3 is 0 Å². The van der Waals surface area contributed by atoms with Gasteiger partial charge in [0.15, 0.2) is 0 Å². The molecule has 1 aliphatic heterocycles. The smallest absolute Gasteiger partial charge is 0.238 e. The van der Waals surface area contributed by atoms with E-state index in [1.54, 1.807) is 6.07 Å². The van der Waals surface area contributed by atoms with Crippen LogP contribution in [0.25, 0.3) is 0 Å². The SMILES string of the molecule is NS(=O)(=O)c1ccc2c(c1)C(NC(=O)C1CCC1)CO2. The zero-order valence-electron chi connectivity index (χ0n) is 10.8. The van der Waals surface area contributed by atoms with E-state index in [0.717, 1.165) is 19.3 Å². The molecule has 2 aliphatic rings. The van der Waals surface area contributed by atoms with Crippen LogP contribution in [0.4, 0.5) is 0 Å². The van der Waals surface area contributed by atoms with E-state index in [-0.39, 0.29) is 22.8 Å². The molecule has 0 saturated heterocycles. The van der Waals surface area contributed by atoms with Crippen LogP contribution < -0.4 is 15.2 Å². The van der Waals surface area contributed by atoms with E-state index in [9.17, 15) is 13.2 Å². The Bertz CT molecular complexity index is 652. The fourth-order valence-corrected chi connectivity index (χ4v) is 3.00. The molecule has 0 aromatic heterocycles. The lowest BCUT2D eigenvalue weighted by molar-refractivity contribution is -0.128. The van der Waals surface area contributed by atoms with Crippen LogP contribution >= 0.6 is 0 Å². The number of carbonyl (C=O) groups excluding carboxylic acids is 1. The first-order valence-corrected chi connectivity index (χ1v) is 8.10. The molecule has 108 valence electrons. The minimum absolute atomic E-state index is 0.0127. The van der Waals surface area contributed by atoms with E-state index in [0.29, 0.717) is 17.9 Å². The maximum atomic E-state index is 12.0. The Balaban J connectivity index is 1.83. The summed E-state index contributed by atoms with van der Waals surface area (Å²) >= 11 is 0. The van der Waals surface area contributed by atoms with Gasteiger partial charge in [-0.2, -0.15) is 0 Å². The Morgan fingerprint density at radius 1 is 1.35 bits per heavy atom. The number of benzene rings is 1. The van der Waals surface area contributed by atoms with Crippen LogP contribution in [0.5, 0.6) is 5.75 Å². The van der Waals surface area contributed by atoms with E-state index in [1.165, 1.54) is 12.1 Å². The number of amides is 1. The fraction of sp³-hybridized carbons (Fsp3) is 0.462. The predicted octanol–water partition coefficient (Wildman–Crippen LogP) is 0.684. The molecule has 1 atom stereocenters. The molecule has 6 nitrogen and oxygen atoms in total. The summed E-state index contributed by atoms with van der Waals surface area (Å²) in [6, 6.07) is 4.15. The molecule has 0 bridgehead atoms. The number of fused-ring (bicyclic) bond motifs is 1.